The zero-order valence-electron chi connectivity index (χ0n) is 14.3. The molecule has 4 rings (SSSR count). The van der Waals surface area contributed by atoms with E-state index in [9.17, 15) is 14.7 Å². The van der Waals surface area contributed by atoms with Crippen LogP contribution in [0.5, 0.6) is 11.5 Å². The number of carboxylic acids is 1. The predicted octanol–water partition coefficient (Wildman–Crippen LogP) is 4.86. The quantitative estimate of drug-likeness (QED) is 0.522. The Morgan fingerprint density at radius 2 is 1.67 bits per heavy atom. The molecular formula is C21H14O6. The zero-order valence-corrected chi connectivity index (χ0v) is 14.3. The lowest BCUT2D eigenvalue weighted by molar-refractivity contribution is 0.0601. The summed E-state index contributed by atoms with van der Waals surface area (Å²) in [6, 6.07) is 17.1. The smallest absolute Gasteiger partial charge is 0.341 e. The SMILES string of the molecule is COC(=O)c1ccc(Oc2ccccc2)c2c1oc1c(C(=O)O)cccc12. The number of hydrogen-bond donors (Lipinski definition) is 1. The van der Waals surface area contributed by atoms with Crippen LogP contribution in [-0.4, -0.2) is 24.2 Å². The Morgan fingerprint density at radius 3 is 2.37 bits per heavy atom. The minimum atomic E-state index is -1.12. The summed E-state index contributed by atoms with van der Waals surface area (Å²) in [4.78, 5) is 23.7. The Morgan fingerprint density at radius 1 is 0.889 bits per heavy atom. The molecule has 3 aromatic carbocycles. The van der Waals surface area contributed by atoms with Gasteiger partial charge in [-0.3, -0.25) is 0 Å². The molecule has 0 atom stereocenters. The van der Waals surface area contributed by atoms with Crippen molar-refractivity contribution < 1.29 is 28.6 Å². The van der Waals surface area contributed by atoms with Gasteiger partial charge in [-0.15, -0.1) is 0 Å². The Kier molecular flexibility index (Phi) is 4.01. The van der Waals surface area contributed by atoms with Gasteiger partial charge in [-0.2, -0.15) is 0 Å². The van der Waals surface area contributed by atoms with Gasteiger partial charge in [0.2, 0.25) is 0 Å². The van der Waals surface area contributed by atoms with E-state index in [-0.39, 0.29) is 22.3 Å². The molecule has 1 aromatic heterocycles. The first kappa shape index (κ1) is 16.7. The average molecular weight is 362 g/mol. The summed E-state index contributed by atoms with van der Waals surface area (Å²) in [6.45, 7) is 0. The minimum Gasteiger partial charge on any atom is -0.478 e. The lowest BCUT2D eigenvalue weighted by Gasteiger charge is -2.08. The molecule has 6 nitrogen and oxygen atoms in total. The van der Waals surface area contributed by atoms with Crippen molar-refractivity contribution in [2.75, 3.05) is 7.11 Å². The molecule has 1 N–H and O–H groups in total. The van der Waals surface area contributed by atoms with Gasteiger partial charge in [0.25, 0.3) is 0 Å². The molecule has 0 aliphatic rings. The fraction of sp³-hybridized carbons (Fsp3) is 0.0476. The monoisotopic (exact) mass is 362 g/mol. The fourth-order valence-electron chi connectivity index (χ4n) is 3.01. The van der Waals surface area contributed by atoms with Crippen LogP contribution >= 0.6 is 0 Å². The molecule has 0 saturated heterocycles. The van der Waals surface area contributed by atoms with Gasteiger partial charge in [0, 0.05) is 5.39 Å². The Bertz CT molecular complexity index is 1170. The van der Waals surface area contributed by atoms with E-state index in [1.54, 1.807) is 30.3 Å². The van der Waals surface area contributed by atoms with Crippen LogP contribution in [0.3, 0.4) is 0 Å². The van der Waals surface area contributed by atoms with Crippen LogP contribution in [-0.2, 0) is 4.74 Å². The van der Waals surface area contributed by atoms with E-state index in [0.717, 1.165) is 0 Å². The van der Waals surface area contributed by atoms with Crippen LogP contribution in [0, 0.1) is 0 Å². The van der Waals surface area contributed by atoms with Crippen molar-refractivity contribution in [3.63, 3.8) is 0 Å². The lowest BCUT2D eigenvalue weighted by atomic mass is 10.1. The number of carbonyl (C=O) groups excluding carboxylic acids is 1. The van der Waals surface area contributed by atoms with Crippen LogP contribution in [0.4, 0.5) is 0 Å². The van der Waals surface area contributed by atoms with Gasteiger partial charge in [-0.1, -0.05) is 30.3 Å². The highest BCUT2D eigenvalue weighted by molar-refractivity contribution is 6.17. The first-order chi connectivity index (χ1) is 13.1. The molecule has 0 aliphatic heterocycles. The molecule has 134 valence electrons. The van der Waals surface area contributed by atoms with Crippen LogP contribution in [0.15, 0.2) is 65.1 Å². The molecular weight excluding hydrogens is 348 g/mol. The molecule has 0 spiro atoms. The molecule has 4 aromatic rings. The van der Waals surface area contributed by atoms with Crippen LogP contribution in [0.1, 0.15) is 20.7 Å². The molecule has 0 unspecified atom stereocenters. The summed E-state index contributed by atoms with van der Waals surface area (Å²) in [5.74, 6) is -0.648. The van der Waals surface area contributed by atoms with Gasteiger partial charge in [0.05, 0.1) is 12.5 Å². The summed E-state index contributed by atoms with van der Waals surface area (Å²) in [5.41, 5.74) is 0.596. The summed E-state index contributed by atoms with van der Waals surface area (Å²) in [5, 5.41) is 10.5. The first-order valence-corrected chi connectivity index (χ1v) is 8.13. The number of aromatic carboxylic acids is 1. The Labute approximate surface area is 153 Å². The largest absolute Gasteiger partial charge is 0.478 e. The number of ether oxygens (including phenoxy) is 2. The first-order valence-electron chi connectivity index (χ1n) is 8.13. The van der Waals surface area contributed by atoms with Crippen molar-refractivity contribution in [3.05, 3.63) is 71.8 Å². The third-order valence-corrected chi connectivity index (χ3v) is 4.21. The van der Waals surface area contributed by atoms with Gasteiger partial charge < -0.3 is 19.0 Å². The van der Waals surface area contributed by atoms with Gasteiger partial charge in [0.1, 0.15) is 28.2 Å². The number of para-hydroxylation sites is 2. The maximum atomic E-state index is 12.2. The number of fused-ring (bicyclic) bond motifs is 3. The van der Waals surface area contributed by atoms with Crippen molar-refractivity contribution in [1.29, 1.82) is 0 Å². The molecule has 1 heterocycles. The van der Waals surface area contributed by atoms with E-state index in [1.807, 2.05) is 18.2 Å². The highest BCUT2D eigenvalue weighted by atomic mass is 16.5. The number of carbonyl (C=O) groups is 2. The van der Waals surface area contributed by atoms with Crippen molar-refractivity contribution >= 4 is 33.9 Å². The maximum absolute atomic E-state index is 12.2. The number of rotatable bonds is 4. The number of carboxylic acid groups (broad SMARTS) is 1. The van der Waals surface area contributed by atoms with Crippen molar-refractivity contribution in [3.8, 4) is 11.5 Å². The lowest BCUT2D eigenvalue weighted by Crippen LogP contribution is -2.01. The molecule has 0 radical (unpaired) electrons. The second-order valence-corrected chi connectivity index (χ2v) is 5.81. The van der Waals surface area contributed by atoms with Crippen molar-refractivity contribution in [1.82, 2.24) is 0 Å². The Hall–Kier alpha value is -3.80. The molecule has 0 saturated carbocycles. The number of benzene rings is 3. The fourth-order valence-corrected chi connectivity index (χ4v) is 3.01. The second kappa shape index (κ2) is 6.49. The molecule has 0 aliphatic carbocycles. The third-order valence-electron chi connectivity index (χ3n) is 4.21. The third kappa shape index (κ3) is 2.77. The average Bonchev–Trinajstić information content (AvgIpc) is 3.08. The van der Waals surface area contributed by atoms with Crippen LogP contribution in [0.25, 0.3) is 21.9 Å². The van der Waals surface area contributed by atoms with Crippen LogP contribution in [0.2, 0.25) is 0 Å². The molecule has 0 bridgehead atoms. The van der Waals surface area contributed by atoms with E-state index in [4.69, 9.17) is 13.9 Å². The van der Waals surface area contributed by atoms with E-state index in [2.05, 4.69) is 0 Å². The number of hydrogen-bond acceptors (Lipinski definition) is 5. The minimum absolute atomic E-state index is 0.00479. The van der Waals surface area contributed by atoms with Gasteiger partial charge in [-0.25, -0.2) is 9.59 Å². The number of methoxy groups -OCH3 is 1. The summed E-state index contributed by atoms with van der Waals surface area (Å²) in [6.07, 6.45) is 0. The van der Waals surface area contributed by atoms with Crippen LogP contribution < -0.4 is 4.74 Å². The van der Waals surface area contributed by atoms with E-state index in [0.29, 0.717) is 22.3 Å². The summed E-state index contributed by atoms with van der Waals surface area (Å²) < 4.78 is 16.6. The number of esters is 1. The highest BCUT2D eigenvalue weighted by Gasteiger charge is 2.23. The van der Waals surface area contributed by atoms with Gasteiger partial charge in [-0.05, 0) is 30.3 Å². The van der Waals surface area contributed by atoms with E-state index >= 15 is 0 Å². The summed E-state index contributed by atoms with van der Waals surface area (Å²) in [7, 11) is 1.27. The molecule has 0 fully saturated rings. The Balaban J connectivity index is 2.05. The number of furan rings is 1. The summed E-state index contributed by atoms with van der Waals surface area (Å²) >= 11 is 0. The molecule has 6 heteroatoms. The van der Waals surface area contributed by atoms with Gasteiger partial charge in [0.15, 0.2) is 5.58 Å². The standard InChI is InChI=1S/C21H14O6/c1-25-21(24)15-10-11-16(26-12-6-3-2-4-7-12)17-13-8-5-9-14(20(22)23)18(13)27-19(15)17/h2-11H,1H3,(H,22,23). The second-order valence-electron chi connectivity index (χ2n) is 5.81. The topological polar surface area (TPSA) is 86.0 Å². The van der Waals surface area contributed by atoms with Crippen molar-refractivity contribution in [2.45, 2.75) is 0 Å². The maximum Gasteiger partial charge on any atom is 0.341 e. The van der Waals surface area contributed by atoms with Gasteiger partial charge >= 0.3 is 11.9 Å². The normalized spacial score (nSPS) is 10.9. The molecule has 0 amide bonds. The zero-order chi connectivity index (χ0) is 19.0. The van der Waals surface area contributed by atoms with Crippen molar-refractivity contribution in [2.24, 2.45) is 0 Å². The highest BCUT2D eigenvalue weighted by Crippen LogP contribution is 2.40. The van der Waals surface area contributed by atoms with E-state index in [1.165, 1.54) is 19.2 Å². The van der Waals surface area contributed by atoms with E-state index < -0.39 is 11.9 Å². The predicted molar refractivity (Wildman–Crippen MR) is 98.5 cm³/mol. The molecule has 27 heavy (non-hydrogen) atoms.